The van der Waals surface area contributed by atoms with E-state index in [1.807, 2.05) is 20.8 Å². The Morgan fingerprint density at radius 3 is 2.41 bits per heavy atom. The molecule has 0 aliphatic heterocycles. The Morgan fingerprint density at radius 2 is 1.76 bits per heavy atom. The molecule has 0 bridgehead atoms. The highest BCUT2D eigenvalue weighted by molar-refractivity contribution is 6.34. The summed E-state index contributed by atoms with van der Waals surface area (Å²) in [5, 5.41) is 18.2. The van der Waals surface area contributed by atoms with Crippen LogP contribution in [0.2, 0.25) is 5.02 Å². The topological polar surface area (TPSA) is 116 Å². The Bertz CT molecular complexity index is 1070. The quantitative estimate of drug-likeness (QED) is 0.471. The van der Waals surface area contributed by atoms with Gasteiger partial charge in [-0.25, -0.2) is 8.78 Å². The molecule has 1 aromatic carbocycles. The molecule has 29 heavy (non-hydrogen) atoms. The minimum Gasteiger partial charge on any atom is -0.344 e. The van der Waals surface area contributed by atoms with Crippen LogP contribution in [0.3, 0.4) is 0 Å². The minimum atomic E-state index is -1.21. The van der Waals surface area contributed by atoms with Crippen molar-refractivity contribution in [1.82, 2.24) is 25.7 Å². The van der Waals surface area contributed by atoms with Crippen molar-refractivity contribution >= 4 is 29.2 Å². The Labute approximate surface area is 169 Å². The summed E-state index contributed by atoms with van der Waals surface area (Å²) in [5.41, 5.74) is 2.33. The number of H-pyrrole nitrogens is 2. The van der Waals surface area contributed by atoms with Gasteiger partial charge in [0, 0.05) is 17.3 Å². The SMILES string of the molecule is Cc1n[nH]c(C)c1C(C)NC(=O)c1cc(NC(=O)c2cc(F)c(F)cc2Cl)n[nH]1. The molecule has 1 unspecified atom stereocenters. The first-order valence-electron chi connectivity index (χ1n) is 8.51. The Morgan fingerprint density at radius 1 is 1.07 bits per heavy atom. The van der Waals surface area contributed by atoms with E-state index < -0.39 is 23.4 Å². The molecule has 3 aromatic rings. The predicted molar refractivity (Wildman–Crippen MR) is 102 cm³/mol. The third-order valence-electron chi connectivity index (χ3n) is 4.28. The zero-order chi connectivity index (χ0) is 21.3. The number of carbonyl (C=O) groups excluding carboxylic acids is 2. The lowest BCUT2D eigenvalue weighted by molar-refractivity contribution is 0.0934. The molecule has 0 spiro atoms. The molecule has 0 saturated carbocycles. The number of carbonyl (C=O) groups is 2. The van der Waals surface area contributed by atoms with E-state index in [1.54, 1.807) is 0 Å². The van der Waals surface area contributed by atoms with Crippen LogP contribution >= 0.6 is 11.6 Å². The molecule has 4 N–H and O–H groups in total. The summed E-state index contributed by atoms with van der Waals surface area (Å²) < 4.78 is 26.5. The van der Waals surface area contributed by atoms with Gasteiger partial charge in [0.1, 0.15) is 5.69 Å². The first-order valence-corrected chi connectivity index (χ1v) is 8.88. The molecule has 0 aliphatic carbocycles. The zero-order valence-corrected chi connectivity index (χ0v) is 16.4. The molecule has 2 amide bonds. The Kier molecular flexibility index (Phi) is 5.64. The van der Waals surface area contributed by atoms with Gasteiger partial charge in [0.25, 0.3) is 11.8 Å². The van der Waals surface area contributed by atoms with Gasteiger partial charge in [-0.2, -0.15) is 10.2 Å². The molecular formula is C18H17ClF2N6O2. The molecule has 0 fully saturated rings. The molecule has 0 radical (unpaired) electrons. The van der Waals surface area contributed by atoms with Crippen molar-refractivity contribution in [3.05, 3.63) is 63.1 Å². The normalized spacial score (nSPS) is 11.9. The third kappa shape index (κ3) is 4.27. The molecular weight excluding hydrogens is 406 g/mol. The van der Waals surface area contributed by atoms with Crippen LogP contribution in [0.1, 0.15) is 50.8 Å². The summed E-state index contributed by atoms with van der Waals surface area (Å²) in [6, 6.07) is 2.38. The van der Waals surface area contributed by atoms with E-state index in [1.165, 1.54) is 6.07 Å². The van der Waals surface area contributed by atoms with Crippen molar-refractivity contribution in [3.8, 4) is 0 Å². The molecule has 8 nitrogen and oxygen atoms in total. The van der Waals surface area contributed by atoms with Crippen LogP contribution in [0, 0.1) is 25.5 Å². The molecule has 0 saturated heterocycles. The number of nitrogens with one attached hydrogen (secondary N) is 4. The van der Waals surface area contributed by atoms with Gasteiger partial charge in [-0.15, -0.1) is 0 Å². The average molecular weight is 423 g/mol. The van der Waals surface area contributed by atoms with Crippen molar-refractivity contribution in [2.45, 2.75) is 26.8 Å². The van der Waals surface area contributed by atoms with Crippen molar-refractivity contribution < 1.29 is 18.4 Å². The third-order valence-corrected chi connectivity index (χ3v) is 4.60. The summed E-state index contributed by atoms with van der Waals surface area (Å²) in [6.07, 6.45) is 0. The lowest BCUT2D eigenvalue weighted by Gasteiger charge is -2.13. The maximum Gasteiger partial charge on any atom is 0.269 e. The van der Waals surface area contributed by atoms with Crippen LogP contribution in [0.25, 0.3) is 0 Å². The lowest BCUT2D eigenvalue weighted by atomic mass is 10.1. The van der Waals surface area contributed by atoms with E-state index in [2.05, 4.69) is 31.0 Å². The van der Waals surface area contributed by atoms with Gasteiger partial charge in [-0.1, -0.05) is 11.6 Å². The molecule has 11 heteroatoms. The maximum atomic E-state index is 13.4. The number of nitrogens with zero attached hydrogens (tertiary/aromatic N) is 2. The summed E-state index contributed by atoms with van der Waals surface area (Å²) >= 11 is 5.78. The second-order valence-corrected chi connectivity index (χ2v) is 6.82. The number of rotatable bonds is 5. The summed E-state index contributed by atoms with van der Waals surface area (Å²) in [5.74, 6) is -3.60. The summed E-state index contributed by atoms with van der Waals surface area (Å²) in [7, 11) is 0. The molecule has 0 aliphatic rings. The van der Waals surface area contributed by atoms with Gasteiger partial charge in [0.15, 0.2) is 17.5 Å². The Hall–Kier alpha value is -3.27. The minimum absolute atomic E-state index is 0.0178. The van der Waals surface area contributed by atoms with Crippen molar-refractivity contribution in [2.24, 2.45) is 0 Å². The smallest absolute Gasteiger partial charge is 0.269 e. The number of benzene rings is 1. The first-order chi connectivity index (χ1) is 13.7. The number of anilines is 1. The number of hydrogen-bond donors (Lipinski definition) is 4. The van der Waals surface area contributed by atoms with Crippen LogP contribution in [0.5, 0.6) is 0 Å². The van der Waals surface area contributed by atoms with Crippen LogP contribution in [0.4, 0.5) is 14.6 Å². The van der Waals surface area contributed by atoms with Gasteiger partial charge in [0.2, 0.25) is 0 Å². The number of halogens is 3. The zero-order valence-electron chi connectivity index (χ0n) is 15.7. The van der Waals surface area contributed by atoms with Crippen LogP contribution in [-0.4, -0.2) is 32.2 Å². The largest absolute Gasteiger partial charge is 0.344 e. The monoisotopic (exact) mass is 422 g/mol. The Balaban J connectivity index is 1.70. The second-order valence-electron chi connectivity index (χ2n) is 6.41. The standard InChI is InChI=1S/C18H17ClF2N6O2/c1-7(16-8(2)24-25-9(16)3)22-18(29)14-6-15(27-26-14)23-17(28)10-4-12(20)13(21)5-11(10)19/h4-7H,1-3H3,(H,22,29)(H,24,25)(H2,23,26,27,28). The second kappa shape index (κ2) is 8.00. The highest BCUT2D eigenvalue weighted by Gasteiger charge is 2.20. The van der Waals surface area contributed by atoms with E-state index in [4.69, 9.17) is 11.6 Å². The van der Waals surface area contributed by atoms with Crippen LogP contribution < -0.4 is 10.6 Å². The van der Waals surface area contributed by atoms with Crippen molar-refractivity contribution in [3.63, 3.8) is 0 Å². The first kappa shape index (κ1) is 20.5. The van der Waals surface area contributed by atoms with Crippen molar-refractivity contribution in [1.29, 1.82) is 0 Å². The molecule has 2 heterocycles. The number of aromatic amines is 2. The maximum absolute atomic E-state index is 13.4. The number of amides is 2. The van der Waals surface area contributed by atoms with Gasteiger partial charge >= 0.3 is 0 Å². The summed E-state index contributed by atoms with van der Waals surface area (Å²) in [4.78, 5) is 24.7. The van der Waals surface area contributed by atoms with E-state index >= 15 is 0 Å². The van der Waals surface area contributed by atoms with E-state index in [0.29, 0.717) is 12.1 Å². The fourth-order valence-electron chi connectivity index (χ4n) is 2.93. The molecule has 2 aromatic heterocycles. The fraction of sp³-hybridized carbons (Fsp3) is 0.222. The number of hydrogen-bond acceptors (Lipinski definition) is 4. The molecule has 152 valence electrons. The van der Waals surface area contributed by atoms with Gasteiger partial charge in [0.05, 0.1) is 22.3 Å². The van der Waals surface area contributed by atoms with E-state index in [-0.39, 0.29) is 28.1 Å². The van der Waals surface area contributed by atoms with E-state index in [0.717, 1.165) is 17.0 Å². The van der Waals surface area contributed by atoms with Gasteiger partial charge in [-0.05, 0) is 32.9 Å². The fourth-order valence-corrected chi connectivity index (χ4v) is 3.16. The highest BCUT2D eigenvalue weighted by atomic mass is 35.5. The highest BCUT2D eigenvalue weighted by Crippen LogP contribution is 2.22. The van der Waals surface area contributed by atoms with Gasteiger partial charge in [-0.3, -0.25) is 19.8 Å². The number of aromatic nitrogens is 4. The average Bonchev–Trinajstić information content (AvgIpc) is 3.24. The van der Waals surface area contributed by atoms with Crippen molar-refractivity contribution in [2.75, 3.05) is 5.32 Å². The molecule has 3 rings (SSSR count). The summed E-state index contributed by atoms with van der Waals surface area (Å²) in [6.45, 7) is 5.49. The van der Waals surface area contributed by atoms with Gasteiger partial charge < -0.3 is 10.6 Å². The lowest BCUT2D eigenvalue weighted by Crippen LogP contribution is -2.27. The van der Waals surface area contributed by atoms with Crippen LogP contribution in [-0.2, 0) is 0 Å². The molecule has 1 atom stereocenters. The number of aryl methyl sites for hydroxylation is 2. The van der Waals surface area contributed by atoms with E-state index in [9.17, 15) is 18.4 Å². The predicted octanol–water partition coefficient (Wildman–Crippen LogP) is 3.42. The van der Waals surface area contributed by atoms with Crippen LogP contribution in [0.15, 0.2) is 18.2 Å².